The van der Waals surface area contributed by atoms with Crippen molar-refractivity contribution in [3.8, 4) is 11.5 Å². The molecule has 0 radical (unpaired) electrons. The van der Waals surface area contributed by atoms with Crippen LogP contribution in [0.2, 0.25) is 0 Å². The molecule has 1 aromatic carbocycles. The summed E-state index contributed by atoms with van der Waals surface area (Å²) in [6, 6.07) is 6.00. The van der Waals surface area contributed by atoms with Crippen LogP contribution in [0.4, 0.5) is 0 Å². The van der Waals surface area contributed by atoms with Crippen LogP contribution in [-0.2, 0) is 11.3 Å². The van der Waals surface area contributed by atoms with E-state index in [9.17, 15) is 0 Å². The van der Waals surface area contributed by atoms with E-state index in [-0.39, 0.29) is 6.61 Å². The van der Waals surface area contributed by atoms with Crippen LogP contribution < -0.4 is 14.8 Å². The fourth-order valence-corrected chi connectivity index (χ4v) is 2.08. The normalized spacial score (nSPS) is 14.1. The second-order valence-corrected chi connectivity index (χ2v) is 4.66. The Morgan fingerprint density at radius 3 is 3.00 bits per heavy atom. The molecular formula is C15H23NO4. The third kappa shape index (κ3) is 4.67. The summed E-state index contributed by atoms with van der Waals surface area (Å²) in [6.07, 6.45) is 1.84. The van der Waals surface area contributed by atoms with Crippen molar-refractivity contribution < 1.29 is 19.3 Å². The quantitative estimate of drug-likeness (QED) is 0.704. The zero-order valence-corrected chi connectivity index (χ0v) is 11.8. The molecule has 0 aliphatic carbocycles. The standard InChI is InChI=1S/C15H23NO4/c17-7-11-18-8-2-6-16-12-13-4-1-5-14-15(13)20-10-3-9-19-14/h1,4-5,16-17H,2-3,6-12H2. The van der Waals surface area contributed by atoms with Crippen LogP contribution >= 0.6 is 0 Å². The number of rotatable bonds is 8. The van der Waals surface area contributed by atoms with Gasteiger partial charge in [0.05, 0.1) is 26.4 Å². The molecule has 1 aromatic rings. The second-order valence-electron chi connectivity index (χ2n) is 4.66. The molecule has 0 spiro atoms. The smallest absolute Gasteiger partial charge is 0.165 e. The van der Waals surface area contributed by atoms with Gasteiger partial charge in [0.1, 0.15) is 0 Å². The van der Waals surface area contributed by atoms with Crippen molar-refractivity contribution in [3.63, 3.8) is 0 Å². The Bertz CT molecular complexity index is 397. The highest BCUT2D eigenvalue weighted by molar-refractivity contribution is 5.46. The molecule has 112 valence electrons. The van der Waals surface area contributed by atoms with Gasteiger partial charge in [0, 0.05) is 25.1 Å². The Morgan fingerprint density at radius 1 is 1.20 bits per heavy atom. The maximum atomic E-state index is 8.59. The molecule has 0 aromatic heterocycles. The van der Waals surface area contributed by atoms with E-state index in [4.69, 9.17) is 19.3 Å². The number of nitrogens with one attached hydrogen (secondary N) is 1. The first-order valence-electron chi connectivity index (χ1n) is 7.18. The predicted octanol–water partition coefficient (Wildman–Crippen LogP) is 1.34. The SMILES string of the molecule is OCCOCCCNCc1cccc2c1OCCCO2. The van der Waals surface area contributed by atoms with Gasteiger partial charge < -0.3 is 24.6 Å². The van der Waals surface area contributed by atoms with Crippen LogP contribution in [0.25, 0.3) is 0 Å². The van der Waals surface area contributed by atoms with Gasteiger partial charge in [-0.25, -0.2) is 0 Å². The van der Waals surface area contributed by atoms with Crippen molar-refractivity contribution in [2.24, 2.45) is 0 Å². The molecule has 1 aliphatic rings. The number of para-hydroxylation sites is 1. The Hall–Kier alpha value is -1.30. The van der Waals surface area contributed by atoms with Crippen molar-refractivity contribution in [2.45, 2.75) is 19.4 Å². The topological polar surface area (TPSA) is 60.0 Å². The largest absolute Gasteiger partial charge is 0.490 e. The lowest BCUT2D eigenvalue weighted by Gasteiger charge is -2.13. The third-order valence-corrected chi connectivity index (χ3v) is 3.05. The lowest BCUT2D eigenvalue weighted by atomic mass is 10.2. The van der Waals surface area contributed by atoms with E-state index in [2.05, 4.69) is 11.4 Å². The molecule has 0 fully saturated rings. The molecule has 0 saturated heterocycles. The third-order valence-electron chi connectivity index (χ3n) is 3.05. The molecule has 0 saturated carbocycles. The Morgan fingerprint density at radius 2 is 2.10 bits per heavy atom. The number of hydrogen-bond donors (Lipinski definition) is 2. The molecule has 1 aliphatic heterocycles. The zero-order chi connectivity index (χ0) is 14.0. The summed E-state index contributed by atoms with van der Waals surface area (Å²) in [5, 5.41) is 12.0. The Balaban J connectivity index is 1.75. The van der Waals surface area contributed by atoms with E-state index in [0.717, 1.165) is 43.0 Å². The van der Waals surface area contributed by atoms with Crippen molar-refractivity contribution in [2.75, 3.05) is 39.6 Å². The summed E-state index contributed by atoms with van der Waals surface area (Å²) < 4.78 is 16.6. The number of aliphatic hydroxyl groups excluding tert-OH is 1. The van der Waals surface area contributed by atoms with E-state index < -0.39 is 0 Å². The van der Waals surface area contributed by atoms with Gasteiger partial charge in [-0.05, 0) is 19.0 Å². The maximum absolute atomic E-state index is 8.59. The number of benzene rings is 1. The van der Waals surface area contributed by atoms with Crippen LogP contribution in [0.5, 0.6) is 11.5 Å². The Labute approximate surface area is 119 Å². The minimum atomic E-state index is 0.0842. The van der Waals surface area contributed by atoms with E-state index in [1.165, 1.54) is 0 Å². The van der Waals surface area contributed by atoms with Gasteiger partial charge in [-0.3, -0.25) is 0 Å². The van der Waals surface area contributed by atoms with Crippen LogP contribution in [0.1, 0.15) is 18.4 Å². The van der Waals surface area contributed by atoms with E-state index in [1.54, 1.807) is 0 Å². The number of ether oxygens (including phenoxy) is 3. The minimum Gasteiger partial charge on any atom is -0.490 e. The van der Waals surface area contributed by atoms with Crippen molar-refractivity contribution in [1.82, 2.24) is 5.32 Å². The first kappa shape index (κ1) is 15.1. The minimum absolute atomic E-state index is 0.0842. The maximum Gasteiger partial charge on any atom is 0.165 e. The summed E-state index contributed by atoms with van der Waals surface area (Å²) >= 11 is 0. The molecule has 0 amide bonds. The highest BCUT2D eigenvalue weighted by Gasteiger charge is 2.13. The fraction of sp³-hybridized carbons (Fsp3) is 0.600. The molecule has 0 unspecified atom stereocenters. The second kappa shape index (κ2) is 8.79. The molecule has 5 nitrogen and oxygen atoms in total. The first-order valence-corrected chi connectivity index (χ1v) is 7.18. The van der Waals surface area contributed by atoms with Crippen molar-refractivity contribution >= 4 is 0 Å². The lowest BCUT2D eigenvalue weighted by molar-refractivity contribution is 0.0907. The van der Waals surface area contributed by atoms with Crippen LogP contribution in [0.15, 0.2) is 18.2 Å². The highest BCUT2D eigenvalue weighted by atomic mass is 16.5. The van der Waals surface area contributed by atoms with Crippen molar-refractivity contribution in [3.05, 3.63) is 23.8 Å². The predicted molar refractivity (Wildman–Crippen MR) is 76.3 cm³/mol. The van der Waals surface area contributed by atoms with Gasteiger partial charge in [-0.2, -0.15) is 0 Å². The molecule has 2 N–H and O–H groups in total. The van der Waals surface area contributed by atoms with E-state index in [1.807, 2.05) is 12.1 Å². The lowest BCUT2D eigenvalue weighted by Crippen LogP contribution is -2.17. The summed E-state index contributed by atoms with van der Waals surface area (Å²) in [7, 11) is 0. The van der Waals surface area contributed by atoms with Gasteiger partial charge >= 0.3 is 0 Å². The molecule has 1 heterocycles. The number of fused-ring (bicyclic) bond motifs is 1. The molecule has 2 rings (SSSR count). The van der Waals surface area contributed by atoms with E-state index in [0.29, 0.717) is 26.4 Å². The van der Waals surface area contributed by atoms with E-state index >= 15 is 0 Å². The van der Waals surface area contributed by atoms with Gasteiger partial charge in [0.2, 0.25) is 0 Å². The van der Waals surface area contributed by atoms with Crippen LogP contribution in [-0.4, -0.2) is 44.7 Å². The molecule has 5 heteroatoms. The summed E-state index contributed by atoms with van der Waals surface area (Å²) in [5.74, 6) is 1.71. The Kier molecular flexibility index (Phi) is 6.63. The van der Waals surface area contributed by atoms with Crippen LogP contribution in [0, 0.1) is 0 Å². The summed E-state index contributed by atoms with van der Waals surface area (Å²) in [6.45, 7) is 4.21. The first-order chi connectivity index (χ1) is 9.92. The summed E-state index contributed by atoms with van der Waals surface area (Å²) in [4.78, 5) is 0. The van der Waals surface area contributed by atoms with Gasteiger partial charge in [-0.15, -0.1) is 0 Å². The molecular weight excluding hydrogens is 258 g/mol. The van der Waals surface area contributed by atoms with Crippen molar-refractivity contribution in [1.29, 1.82) is 0 Å². The fourth-order valence-electron chi connectivity index (χ4n) is 2.08. The zero-order valence-electron chi connectivity index (χ0n) is 11.8. The monoisotopic (exact) mass is 281 g/mol. The average Bonchev–Trinajstić information content (AvgIpc) is 2.72. The highest BCUT2D eigenvalue weighted by Crippen LogP contribution is 2.32. The average molecular weight is 281 g/mol. The molecule has 0 atom stereocenters. The van der Waals surface area contributed by atoms with Crippen LogP contribution in [0.3, 0.4) is 0 Å². The number of hydrogen-bond acceptors (Lipinski definition) is 5. The molecule has 0 bridgehead atoms. The van der Waals surface area contributed by atoms with Gasteiger partial charge in [0.15, 0.2) is 11.5 Å². The van der Waals surface area contributed by atoms with Gasteiger partial charge in [-0.1, -0.05) is 12.1 Å². The van der Waals surface area contributed by atoms with Gasteiger partial charge in [0.25, 0.3) is 0 Å². The summed E-state index contributed by atoms with van der Waals surface area (Å²) in [5.41, 5.74) is 1.13. The number of aliphatic hydroxyl groups is 1. The molecule has 20 heavy (non-hydrogen) atoms.